The fourth-order valence-corrected chi connectivity index (χ4v) is 2.86. The van der Waals surface area contributed by atoms with Crippen molar-refractivity contribution in [3.05, 3.63) is 29.8 Å². The molecule has 1 saturated heterocycles. The zero-order valence-corrected chi connectivity index (χ0v) is 15.5. The van der Waals surface area contributed by atoms with Crippen LogP contribution in [0.5, 0.6) is 0 Å². The van der Waals surface area contributed by atoms with Gasteiger partial charge in [0.05, 0.1) is 12.6 Å². The molecule has 1 fully saturated rings. The highest BCUT2D eigenvalue weighted by molar-refractivity contribution is 5.90. The number of aliphatic hydroxyl groups is 1. The molecule has 6 nitrogen and oxygen atoms in total. The van der Waals surface area contributed by atoms with Gasteiger partial charge in [-0.2, -0.15) is 0 Å². The molecule has 0 aliphatic carbocycles. The number of nitrogens with one attached hydrogen (secondary N) is 2. The monoisotopic (exact) mass is 346 g/mol. The first-order valence-corrected chi connectivity index (χ1v) is 9.08. The van der Waals surface area contributed by atoms with Gasteiger partial charge in [-0.05, 0) is 37.0 Å². The Bertz CT molecular complexity index is 601. The van der Waals surface area contributed by atoms with Crippen LogP contribution in [-0.4, -0.2) is 47.6 Å². The Hall–Kier alpha value is -2.08. The Kier molecular flexibility index (Phi) is 7.25. The van der Waals surface area contributed by atoms with Gasteiger partial charge in [-0.15, -0.1) is 0 Å². The summed E-state index contributed by atoms with van der Waals surface area (Å²) in [6, 6.07) is 7.80. The third kappa shape index (κ3) is 6.38. The Balaban J connectivity index is 2.00. The van der Waals surface area contributed by atoms with E-state index in [0.29, 0.717) is 25.4 Å². The van der Waals surface area contributed by atoms with Gasteiger partial charge in [0.1, 0.15) is 0 Å². The molecule has 2 rings (SSSR count). The van der Waals surface area contributed by atoms with Gasteiger partial charge in [0.2, 0.25) is 5.91 Å². The largest absolute Gasteiger partial charge is 0.391 e. The molecule has 0 aromatic heterocycles. The molecule has 1 aromatic rings. The highest BCUT2D eigenvalue weighted by atomic mass is 16.3. The number of carbonyl (C=O) groups is 1. The van der Waals surface area contributed by atoms with Crippen molar-refractivity contribution >= 4 is 17.6 Å². The number of nitrogens with zero attached hydrogens (tertiary/aromatic N) is 2. The number of hydrogen-bond donors (Lipinski definition) is 3. The van der Waals surface area contributed by atoms with Crippen molar-refractivity contribution in [2.24, 2.45) is 10.9 Å². The molecular formula is C19H30N4O2. The number of β-amino-alcohol motifs (C(OH)–C–C–N with tert-alkyl or cyclic N) is 1. The van der Waals surface area contributed by atoms with Crippen molar-refractivity contribution in [1.82, 2.24) is 10.2 Å². The van der Waals surface area contributed by atoms with E-state index in [-0.39, 0.29) is 12.0 Å². The van der Waals surface area contributed by atoms with Gasteiger partial charge in [0.25, 0.3) is 0 Å². The van der Waals surface area contributed by atoms with Gasteiger partial charge in [0.15, 0.2) is 5.96 Å². The number of guanidine groups is 1. The number of anilines is 1. The molecule has 0 spiro atoms. The number of rotatable bonds is 6. The first-order chi connectivity index (χ1) is 12.0. The van der Waals surface area contributed by atoms with Crippen LogP contribution >= 0.6 is 0 Å². The SMILES string of the molecule is CCNC(=NCc1cccc(NC(=O)CC(C)C)c1)N1CC[C@@H](O)C1. The quantitative estimate of drug-likeness (QED) is 0.545. The minimum Gasteiger partial charge on any atom is -0.391 e. The number of likely N-dealkylation sites (tertiary alicyclic amines) is 1. The number of hydrogen-bond acceptors (Lipinski definition) is 3. The van der Waals surface area contributed by atoms with Crippen LogP contribution in [-0.2, 0) is 11.3 Å². The predicted molar refractivity (Wildman–Crippen MR) is 102 cm³/mol. The topological polar surface area (TPSA) is 77.0 Å². The van der Waals surface area contributed by atoms with Crippen LogP contribution in [0.25, 0.3) is 0 Å². The van der Waals surface area contributed by atoms with E-state index in [9.17, 15) is 9.90 Å². The predicted octanol–water partition coefficient (Wildman–Crippen LogP) is 2.20. The zero-order valence-electron chi connectivity index (χ0n) is 15.5. The number of aliphatic imine (C=N–C) groups is 1. The molecule has 1 heterocycles. The van der Waals surface area contributed by atoms with E-state index in [0.717, 1.165) is 36.7 Å². The molecule has 0 saturated carbocycles. The van der Waals surface area contributed by atoms with Gasteiger partial charge in [-0.25, -0.2) is 4.99 Å². The summed E-state index contributed by atoms with van der Waals surface area (Å²) in [4.78, 5) is 18.7. The Morgan fingerprint density at radius 2 is 2.24 bits per heavy atom. The van der Waals surface area contributed by atoms with Crippen LogP contribution < -0.4 is 10.6 Å². The van der Waals surface area contributed by atoms with Crippen LogP contribution in [0.4, 0.5) is 5.69 Å². The number of amides is 1. The first-order valence-electron chi connectivity index (χ1n) is 9.08. The molecule has 1 aliphatic heterocycles. The molecule has 1 aliphatic rings. The molecule has 0 unspecified atom stereocenters. The van der Waals surface area contributed by atoms with E-state index in [1.807, 2.05) is 45.0 Å². The van der Waals surface area contributed by atoms with Crippen LogP contribution in [0.3, 0.4) is 0 Å². The van der Waals surface area contributed by atoms with Gasteiger partial charge in [0, 0.05) is 31.7 Å². The number of benzene rings is 1. The lowest BCUT2D eigenvalue weighted by Gasteiger charge is -2.21. The molecule has 3 N–H and O–H groups in total. The van der Waals surface area contributed by atoms with Crippen LogP contribution in [0.15, 0.2) is 29.3 Å². The van der Waals surface area contributed by atoms with Gasteiger partial charge < -0.3 is 20.6 Å². The minimum atomic E-state index is -0.275. The van der Waals surface area contributed by atoms with Crippen molar-refractivity contribution in [3.8, 4) is 0 Å². The zero-order chi connectivity index (χ0) is 18.2. The van der Waals surface area contributed by atoms with E-state index < -0.39 is 0 Å². The third-order valence-corrected chi connectivity index (χ3v) is 4.01. The summed E-state index contributed by atoms with van der Waals surface area (Å²) in [5.74, 6) is 1.20. The van der Waals surface area contributed by atoms with Crippen molar-refractivity contribution in [1.29, 1.82) is 0 Å². The maximum atomic E-state index is 11.9. The van der Waals surface area contributed by atoms with Crippen LogP contribution in [0, 0.1) is 5.92 Å². The summed E-state index contributed by atoms with van der Waals surface area (Å²) < 4.78 is 0. The lowest BCUT2D eigenvalue weighted by molar-refractivity contribution is -0.116. The Labute approximate surface area is 150 Å². The average molecular weight is 346 g/mol. The second-order valence-corrected chi connectivity index (χ2v) is 6.91. The van der Waals surface area contributed by atoms with Gasteiger partial charge in [-0.1, -0.05) is 26.0 Å². The summed E-state index contributed by atoms with van der Waals surface area (Å²) in [5, 5.41) is 15.9. The summed E-state index contributed by atoms with van der Waals surface area (Å²) >= 11 is 0. The van der Waals surface area contributed by atoms with E-state index in [2.05, 4.69) is 20.5 Å². The maximum absolute atomic E-state index is 11.9. The summed E-state index contributed by atoms with van der Waals surface area (Å²) in [6.45, 7) is 8.85. The van der Waals surface area contributed by atoms with Crippen molar-refractivity contribution in [2.45, 2.75) is 46.3 Å². The van der Waals surface area contributed by atoms with Crippen molar-refractivity contribution < 1.29 is 9.90 Å². The summed E-state index contributed by atoms with van der Waals surface area (Å²) in [6.07, 6.45) is 1.02. The normalized spacial score (nSPS) is 17.9. The lowest BCUT2D eigenvalue weighted by atomic mass is 10.1. The Morgan fingerprint density at radius 1 is 1.44 bits per heavy atom. The standard InChI is InChI=1S/C19H30N4O2/c1-4-20-19(23-9-8-17(24)13-23)21-12-15-6-5-7-16(11-15)22-18(25)10-14(2)3/h5-7,11,14,17,24H,4,8-10,12-13H2,1-3H3,(H,20,21)(H,22,25)/t17-/m1/s1. The van der Waals surface area contributed by atoms with E-state index in [4.69, 9.17) is 0 Å². The fraction of sp³-hybridized carbons (Fsp3) is 0.579. The Morgan fingerprint density at radius 3 is 2.88 bits per heavy atom. The average Bonchev–Trinajstić information content (AvgIpc) is 2.97. The minimum absolute atomic E-state index is 0.0371. The van der Waals surface area contributed by atoms with E-state index in [1.165, 1.54) is 0 Å². The van der Waals surface area contributed by atoms with Gasteiger partial charge in [-0.3, -0.25) is 4.79 Å². The first kappa shape index (κ1) is 19.2. The number of carbonyl (C=O) groups excluding carboxylic acids is 1. The second kappa shape index (κ2) is 9.42. The summed E-state index contributed by atoms with van der Waals surface area (Å²) in [7, 11) is 0. The fourth-order valence-electron chi connectivity index (χ4n) is 2.86. The molecule has 0 radical (unpaired) electrons. The molecule has 1 atom stereocenters. The van der Waals surface area contributed by atoms with Gasteiger partial charge >= 0.3 is 0 Å². The molecular weight excluding hydrogens is 316 g/mol. The third-order valence-electron chi connectivity index (χ3n) is 4.01. The van der Waals surface area contributed by atoms with Crippen LogP contribution in [0.2, 0.25) is 0 Å². The molecule has 1 amide bonds. The highest BCUT2D eigenvalue weighted by Crippen LogP contribution is 2.14. The van der Waals surface area contributed by atoms with Crippen LogP contribution in [0.1, 0.15) is 39.2 Å². The molecule has 1 aromatic carbocycles. The smallest absolute Gasteiger partial charge is 0.224 e. The molecule has 138 valence electrons. The van der Waals surface area contributed by atoms with Crippen molar-refractivity contribution in [3.63, 3.8) is 0 Å². The molecule has 0 bridgehead atoms. The summed E-state index contributed by atoms with van der Waals surface area (Å²) in [5.41, 5.74) is 1.84. The molecule has 6 heteroatoms. The highest BCUT2D eigenvalue weighted by Gasteiger charge is 2.22. The van der Waals surface area contributed by atoms with E-state index >= 15 is 0 Å². The van der Waals surface area contributed by atoms with E-state index in [1.54, 1.807) is 0 Å². The maximum Gasteiger partial charge on any atom is 0.224 e. The van der Waals surface area contributed by atoms with Crippen molar-refractivity contribution in [2.75, 3.05) is 25.0 Å². The lowest BCUT2D eigenvalue weighted by Crippen LogP contribution is -2.40. The second-order valence-electron chi connectivity index (χ2n) is 6.91. The molecule has 25 heavy (non-hydrogen) atoms. The number of aliphatic hydroxyl groups excluding tert-OH is 1.